The predicted octanol–water partition coefficient (Wildman–Crippen LogP) is 3.23. The normalized spacial score (nSPS) is 16.3. The van der Waals surface area contributed by atoms with Crippen molar-refractivity contribution in [2.75, 3.05) is 20.3 Å². The van der Waals surface area contributed by atoms with E-state index in [9.17, 15) is 22.8 Å². The number of carbonyl (C=O) groups excluding carboxylic acids is 2. The van der Waals surface area contributed by atoms with Gasteiger partial charge in [0.1, 0.15) is 18.9 Å². The number of ketones is 1. The van der Waals surface area contributed by atoms with E-state index in [-0.39, 0.29) is 35.5 Å². The summed E-state index contributed by atoms with van der Waals surface area (Å²) in [6.07, 6.45) is -1.36. The highest BCUT2D eigenvalue weighted by Crippen LogP contribution is 2.35. The molecule has 1 aromatic heterocycles. The number of amides is 1. The van der Waals surface area contributed by atoms with Gasteiger partial charge in [-0.15, -0.1) is 0 Å². The Morgan fingerprint density at radius 1 is 1.29 bits per heavy atom. The van der Waals surface area contributed by atoms with Gasteiger partial charge in [-0.3, -0.25) is 19.3 Å². The van der Waals surface area contributed by atoms with Gasteiger partial charge in [0.25, 0.3) is 5.91 Å². The van der Waals surface area contributed by atoms with Crippen LogP contribution in [-0.2, 0) is 22.3 Å². The lowest BCUT2D eigenvalue weighted by atomic mass is 10.1. The molecule has 1 amide bonds. The van der Waals surface area contributed by atoms with E-state index < -0.39 is 24.1 Å². The summed E-state index contributed by atoms with van der Waals surface area (Å²) in [5, 5.41) is 16.5. The second-order valence-corrected chi connectivity index (χ2v) is 8.55. The maximum absolute atomic E-state index is 13.6. The van der Waals surface area contributed by atoms with Crippen LogP contribution in [0.2, 0.25) is 0 Å². The van der Waals surface area contributed by atoms with Crippen molar-refractivity contribution in [3.8, 4) is 5.75 Å². The van der Waals surface area contributed by atoms with E-state index in [1.165, 1.54) is 23.9 Å². The van der Waals surface area contributed by atoms with Crippen molar-refractivity contribution in [3.05, 3.63) is 64.2 Å². The Bertz CT molecular complexity index is 1360. The van der Waals surface area contributed by atoms with Gasteiger partial charge in [-0.25, -0.2) is 0 Å². The molecule has 0 radical (unpaired) electrons. The summed E-state index contributed by atoms with van der Waals surface area (Å²) in [5.74, 6) is -0.726. The Morgan fingerprint density at radius 3 is 2.80 bits per heavy atom. The summed E-state index contributed by atoms with van der Waals surface area (Å²) < 4.78 is 47.1. The maximum Gasteiger partial charge on any atom is 0.416 e. The van der Waals surface area contributed by atoms with E-state index in [1.807, 2.05) is 0 Å². The number of halogens is 3. The predicted molar refractivity (Wildman–Crippen MR) is 125 cm³/mol. The van der Waals surface area contributed by atoms with E-state index in [2.05, 4.69) is 15.4 Å². The molecule has 1 aliphatic heterocycles. The van der Waals surface area contributed by atoms with E-state index in [1.54, 1.807) is 30.5 Å². The third kappa shape index (κ3) is 5.54. The van der Waals surface area contributed by atoms with Crippen molar-refractivity contribution in [2.45, 2.75) is 12.7 Å². The van der Waals surface area contributed by atoms with Gasteiger partial charge >= 0.3 is 6.18 Å². The third-order valence-corrected chi connectivity index (χ3v) is 6.08. The first-order valence-corrected chi connectivity index (χ1v) is 11.1. The molecule has 8 nitrogen and oxygen atoms in total. The molecule has 0 unspecified atom stereocenters. The van der Waals surface area contributed by atoms with Crippen LogP contribution in [0.5, 0.6) is 5.75 Å². The number of nitrogens with zero attached hydrogens (tertiary/aromatic N) is 3. The summed E-state index contributed by atoms with van der Waals surface area (Å²) in [5.41, 5.74) is 0.580. The van der Waals surface area contributed by atoms with E-state index >= 15 is 0 Å². The number of aliphatic imine (C=N–C) groups is 1. The van der Waals surface area contributed by atoms with Crippen LogP contribution in [0.25, 0.3) is 17.0 Å². The van der Waals surface area contributed by atoms with Crippen molar-refractivity contribution in [1.29, 1.82) is 0 Å². The largest absolute Gasteiger partial charge is 0.497 e. The number of thioether (sulfide) groups is 1. The molecular weight excluding hydrogens is 485 g/mol. The summed E-state index contributed by atoms with van der Waals surface area (Å²) in [4.78, 5) is 27.7. The number of ether oxygens (including phenoxy) is 1. The molecule has 0 bridgehead atoms. The number of alkyl halides is 3. The number of fused-ring (bicyclic) bond motifs is 1. The Balaban J connectivity index is 1.57. The summed E-state index contributed by atoms with van der Waals surface area (Å²) >= 11 is 1.06. The molecule has 0 atom stereocenters. The molecule has 0 spiro atoms. The number of rotatable bonds is 7. The van der Waals surface area contributed by atoms with Gasteiger partial charge in [-0.2, -0.15) is 18.3 Å². The van der Waals surface area contributed by atoms with Crippen molar-refractivity contribution in [3.63, 3.8) is 0 Å². The Morgan fingerprint density at radius 2 is 2.09 bits per heavy atom. The van der Waals surface area contributed by atoms with Crippen LogP contribution in [0.3, 0.4) is 0 Å². The quantitative estimate of drug-likeness (QED) is 0.479. The van der Waals surface area contributed by atoms with Gasteiger partial charge in [0, 0.05) is 5.39 Å². The number of hydrogen-bond donors (Lipinski definition) is 2. The van der Waals surface area contributed by atoms with Gasteiger partial charge in [0.15, 0.2) is 11.0 Å². The number of carbonyl (C=O) groups is 2. The number of amidine groups is 1. The molecule has 2 aromatic carbocycles. The van der Waals surface area contributed by atoms with Crippen LogP contribution >= 0.6 is 11.8 Å². The molecule has 35 heavy (non-hydrogen) atoms. The number of benzene rings is 2. The SMILES string of the molecule is COc1ccc(Cn2ncc3cc(/C=C4\SC(=NCC(=O)CO)NC4=O)ccc32)c(C(F)(F)F)c1. The van der Waals surface area contributed by atoms with Crippen molar-refractivity contribution in [2.24, 2.45) is 4.99 Å². The van der Waals surface area contributed by atoms with Gasteiger partial charge in [0.05, 0.1) is 35.8 Å². The van der Waals surface area contributed by atoms with Gasteiger partial charge in [0.2, 0.25) is 0 Å². The second kappa shape index (κ2) is 9.92. The first-order valence-electron chi connectivity index (χ1n) is 10.3. The minimum Gasteiger partial charge on any atom is -0.497 e. The fraction of sp³-hybridized carbons (Fsp3) is 0.217. The van der Waals surface area contributed by atoms with Crippen LogP contribution in [-0.4, -0.2) is 52.0 Å². The summed E-state index contributed by atoms with van der Waals surface area (Å²) in [7, 11) is 1.31. The van der Waals surface area contributed by atoms with E-state index in [0.717, 1.165) is 17.8 Å². The van der Waals surface area contributed by atoms with Crippen LogP contribution in [0.15, 0.2) is 52.5 Å². The van der Waals surface area contributed by atoms with E-state index in [0.29, 0.717) is 21.4 Å². The Kier molecular flexibility index (Phi) is 6.94. The highest BCUT2D eigenvalue weighted by molar-refractivity contribution is 8.18. The molecular formula is C23H19F3N4O4S. The highest BCUT2D eigenvalue weighted by atomic mass is 32.2. The molecule has 0 saturated carbocycles. The van der Waals surface area contributed by atoms with Crippen molar-refractivity contribution >= 4 is 45.6 Å². The molecule has 0 aliphatic carbocycles. The lowest BCUT2D eigenvalue weighted by Gasteiger charge is -2.14. The molecule has 182 valence electrons. The first kappa shape index (κ1) is 24.5. The molecule has 12 heteroatoms. The Hall–Kier alpha value is -3.64. The monoisotopic (exact) mass is 504 g/mol. The average Bonchev–Trinajstić information content (AvgIpc) is 3.39. The number of aliphatic hydroxyl groups is 1. The molecule has 2 N–H and O–H groups in total. The number of methoxy groups -OCH3 is 1. The number of hydrogen-bond acceptors (Lipinski definition) is 7. The van der Waals surface area contributed by atoms with Crippen molar-refractivity contribution < 1.29 is 32.6 Å². The molecule has 1 fully saturated rings. The van der Waals surface area contributed by atoms with Crippen molar-refractivity contribution in [1.82, 2.24) is 15.1 Å². The first-order chi connectivity index (χ1) is 16.7. The van der Waals surface area contributed by atoms with E-state index in [4.69, 9.17) is 9.84 Å². The summed E-state index contributed by atoms with van der Waals surface area (Å²) in [6, 6.07) is 9.03. The number of aliphatic hydroxyl groups excluding tert-OH is 1. The Labute approximate surface area is 201 Å². The average molecular weight is 504 g/mol. The lowest BCUT2D eigenvalue weighted by Crippen LogP contribution is -2.21. The second-order valence-electron chi connectivity index (χ2n) is 7.52. The molecule has 3 aromatic rings. The maximum atomic E-state index is 13.6. The van der Waals surface area contributed by atoms with Crippen LogP contribution in [0.1, 0.15) is 16.7 Å². The minimum atomic E-state index is -4.54. The van der Waals surface area contributed by atoms with Gasteiger partial charge in [-0.1, -0.05) is 12.1 Å². The zero-order chi connectivity index (χ0) is 25.2. The smallest absolute Gasteiger partial charge is 0.416 e. The number of nitrogens with one attached hydrogen (secondary N) is 1. The summed E-state index contributed by atoms with van der Waals surface area (Å²) in [6.45, 7) is -0.947. The molecule has 1 aliphatic rings. The molecule has 4 rings (SSSR count). The van der Waals surface area contributed by atoms with Gasteiger partial charge in [-0.05, 0) is 53.2 Å². The number of Topliss-reactive ketones (excluding diaryl/α,β-unsaturated/α-hetero) is 1. The molecule has 2 heterocycles. The number of aromatic nitrogens is 2. The van der Waals surface area contributed by atoms with Crippen LogP contribution < -0.4 is 10.1 Å². The lowest BCUT2D eigenvalue weighted by molar-refractivity contribution is -0.138. The minimum absolute atomic E-state index is 0.0556. The fourth-order valence-electron chi connectivity index (χ4n) is 3.43. The van der Waals surface area contributed by atoms with Gasteiger partial charge < -0.3 is 15.2 Å². The van der Waals surface area contributed by atoms with Crippen LogP contribution in [0, 0.1) is 0 Å². The standard InChI is InChI=1S/C23H19F3N4O4S/c1-34-17-4-3-14(18(8-17)23(24,25)26)11-30-19-5-2-13(6-15(19)9-28-30)7-20-21(33)29-22(35-20)27-10-16(32)12-31/h2-9,31H,10-12H2,1H3,(H,27,29,33)/b20-7-. The highest BCUT2D eigenvalue weighted by Gasteiger charge is 2.34. The zero-order valence-electron chi connectivity index (χ0n) is 18.3. The third-order valence-electron chi connectivity index (χ3n) is 5.13. The fourth-order valence-corrected chi connectivity index (χ4v) is 4.25. The zero-order valence-corrected chi connectivity index (χ0v) is 19.1. The van der Waals surface area contributed by atoms with Crippen LogP contribution in [0.4, 0.5) is 13.2 Å². The topological polar surface area (TPSA) is 106 Å². The molecule has 1 saturated heterocycles.